The van der Waals surface area contributed by atoms with Crippen LogP contribution in [0.1, 0.15) is 35.2 Å². The summed E-state index contributed by atoms with van der Waals surface area (Å²) >= 11 is 0. The van der Waals surface area contributed by atoms with E-state index < -0.39 is 29.9 Å². The Balaban J connectivity index is 2.35. The van der Waals surface area contributed by atoms with Crippen LogP contribution in [0.2, 0.25) is 0 Å². The van der Waals surface area contributed by atoms with Crippen molar-refractivity contribution in [1.82, 2.24) is 0 Å². The third-order valence-corrected chi connectivity index (χ3v) is 3.08. The molecule has 0 aromatic heterocycles. The summed E-state index contributed by atoms with van der Waals surface area (Å²) in [7, 11) is 1.17. The van der Waals surface area contributed by atoms with Crippen LogP contribution in [0.5, 0.6) is 0 Å². The van der Waals surface area contributed by atoms with Crippen LogP contribution < -0.4 is 5.32 Å². The number of benzene rings is 1. The number of amides is 1. The molecule has 1 aliphatic heterocycles. The molecular weight excluding hydrogens is 253 g/mol. The average molecular weight is 265 g/mol. The second kappa shape index (κ2) is 4.79. The number of halogens is 1. The first-order valence-corrected chi connectivity index (χ1v) is 5.68. The molecule has 1 amide bonds. The summed E-state index contributed by atoms with van der Waals surface area (Å²) in [6, 6.07) is 2.45. The first-order chi connectivity index (χ1) is 8.93. The molecule has 1 aromatic carbocycles. The fourth-order valence-corrected chi connectivity index (χ4v) is 1.94. The summed E-state index contributed by atoms with van der Waals surface area (Å²) in [6.07, 6.45) is -0.454. The second-order valence-electron chi connectivity index (χ2n) is 4.31. The van der Waals surface area contributed by atoms with E-state index in [0.717, 1.165) is 6.07 Å². The van der Waals surface area contributed by atoms with Crippen LogP contribution in [-0.4, -0.2) is 24.8 Å². The van der Waals surface area contributed by atoms with Gasteiger partial charge in [0.25, 0.3) is 0 Å². The lowest BCUT2D eigenvalue weighted by atomic mass is 9.98. The highest BCUT2D eigenvalue weighted by molar-refractivity contribution is 6.08. The minimum Gasteiger partial charge on any atom is -0.469 e. The molecule has 6 heteroatoms. The molecule has 0 aliphatic carbocycles. The lowest BCUT2D eigenvalue weighted by Crippen LogP contribution is -2.10. The van der Waals surface area contributed by atoms with Crippen LogP contribution in [0.15, 0.2) is 12.1 Å². The summed E-state index contributed by atoms with van der Waals surface area (Å²) < 4.78 is 18.2. The fourth-order valence-electron chi connectivity index (χ4n) is 1.94. The van der Waals surface area contributed by atoms with Crippen molar-refractivity contribution in [3.05, 3.63) is 29.1 Å². The maximum Gasteiger partial charge on any atom is 0.313 e. The number of carbonyl (C=O) groups is 3. The van der Waals surface area contributed by atoms with Gasteiger partial charge in [-0.1, -0.05) is 0 Å². The lowest BCUT2D eigenvalue weighted by molar-refractivity contribution is -0.139. The number of anilines is 1. The number of Topliss-reactive ketones (excluding diaryl/α,β-unsaturated/α-hetero) is 1. The highest BCUT2D eigenvalue weighted by Crippen LogP contribution is 2.35. The Hall–Kier alpha value is -2.24. The maximum atomic E-state index is 13.8. The molecule has 1 atom stereocenters. The van der Waals surface area contributed by atoms with Gasteiger partial charge in [0.05, 0.1) is 18.7 Å². The zero-order valence-corrected chi connectivity index (χ0v) is 10.5. The fraction of sp³-hybridized carbons (Fsp3) is 0.308. The molecule has 0 radical (unpaired) electrons. The van der Waals surface area contributed by atoms with Gasteiger partial charge in [-0.25, -0.2) is 4.39 Å². The number of hydrogen-bond donors (Lipinski definition) is 1. The number of methoxy groups -OCH3 is 1. The summed E-state index contributed by atoms with van der Waals surface area (Å²) in [6.45, 7) is 1.62. The molecule has 0 fully saturated rings. The predicted molar refractivity (Wildman–Crippen MR) is 64.4 cm³/mol. The highest BCUT2D eigenvalue weighted by Gasteiger charge is 2.30. The Morgan fingerprint density at radius 3 is 2.74 bits per heavy atom. The molecule has 1 aliphatic rings. The third-order valence-electron chi connectivity index (χ3n) is 3.08. The Labute approximate surface area is 108 Å². The Kier molecular flexibility index (Phi) is 3.33. The normalized spacial score (nSPS) is 16.8. The molecule has 1 aromatic rings. The van der Waals surface area contributed by atoms with Crippen molar-refractivity contribution in [2.75, 3.05) is 12.4 Å². The molecule has 0 bridgehead atoms. The summed E-state index contributed by atoms with van der Waals surface area (Å²) in [5, 5.41) is 2.42. The van der Waals surface area contributed by atoms with Crippen LogP contribution in [-0.2, 0) is 14.3 Å². The monoisotopic (exact) mass is 265 g/mol. The van der Waals surface area contributed by atoms with Gasteiger partial charge in [0.15, 0.2) is 5.78 Å². The van der Waals surface area contributed by atoms with Crippen LogP contribution in [0.4, 0.5) is 10.1 Å². The van der Waals surface area contributed by atoms with Crippen molar-refractivity contribution in [1.29, 1.82) is 0 Å². The van der Waals surface area contributed by atoms with Gasteiger partial charge in [-0.15, -0.1) is 0 Å². The van der Waals surface area contributed by atoms with Crippen molar-refractivity contribution in [3.63, 3.8) is 0 Å². The zero-order chi connectivity index (χ0) is 14.2. The van der Waals surface area contributed by atoms with Crippen molar-refractivity contribution in [2.45, 2.75) is 19.3 Å². The predicted octanol–water partition coefficient (Wildman–Crippen LogP) is 1.63. The molecule has 0 saturated heterocycles. The smallest absolute Gasteiger partial charge is 0.313 e. The van der Waals surface area contributed by atoms with Crippen molar-refractivity contribution < 1.29 is 23.5 Å². The topological polar surface area (TPSA) is 72.5 Å². The number of fused-ring (bicyclic) bond motifs is 1. The third kappa shape index (κ3) is 2.33. The molecule has 2 rings (SSSR count). The number of esters is 1. The number of ether oxygens (including phenoxy) is 1. The number of ketones is 1. The Bertz CT molecular complexity index is 582. The van der Waals surface area contributed by atoms with Gasteiger partial charge in [0, 0.05) is 5.56 Å². The quantitative estimate of drug-likeness (QED) is 0.512. The van der Waals surface area contributed by atoms with Gasteiger partial charge in [0.1, 0.15) is 12.2 Å². The van der Waals surface area contributed by atoms with E-state index in [2.05, 4.69) is 10.1 Å². The largest absolute Gasteiger partial charge is 0.469 e. The van der Waals surface area contributed by atoms with E-state index in [0.29, 0.717) is 5.56 Å². The maximum absolute atomic E-state index is 13.8. The van der Waals surface area contributed by atoms with Crippen molar-refractivity contribution in [3.8, 4) is 0 Å². The van der Waals surface area contributed by atoms with Crippen LogP contribution >= 0.6 is 0 Å². The highest BCUT2D eigenvalue weighted by atomic mass is 19.1. The van der Waals surface area contributed by atoms with E-state index in [4.69, 9.17) is 0 Å². The molecule has 0 saturated carbocycles. The van der Waals surface area contributed by atoms with Gasteiger partial charge in [-0.2, -0.15) is 0 Å². The van der Waals surface area contributed by atoms with E-state index in [1.807, 2.05) is 0 Å². The summed E-state index contributed by atoms with van der Waals surface area (Å²) in [5.41, 5.74) is 0.593. The molecule has 1 unspecified atom stereocenters. The molecular formula is C13H12FNO4. The van der Waals surface area contributed by atoms with Crippen LogP contribution in [0.3, 0.4) is 0 Å². The minimum atomic E-state index is -0.687. The molecule has 1 N–H and O–H groups in total. The molecule has 1 heterocycles. The lowest BCUT2D eigenvalue weighted by Gasteiger charge is -2.06. The van der Waals surface area contributed by atoms with E-state index in [9.17, 15) is 18.8 Å². The number of rotatable bonds is 3. The Morgan fingerprint density at radius 2 is 2.11 bits per heavy atom. The van der Waals surface area contributed by atoms with E-state index in [1.165, 1.54) is 13.2 Å². The number of carbonyl (C=O) groups excluding carboxylic acids is 3. The number of hydrogen-bond acceptors (Lipinski definition) is 4. The molecule has 19 heavy (non-hydrogen) atoms. The Morgan fingerprint density at radius 1 is 1.42 bits per heavy atom. The number of nitrogens with one attached hydrogen (secondary N) is 1. The van der Waals surface area contributed by atoms with Gasteiger partial charge >= 0.3 is 5.97 Å². The van der Waals surface area contributed by atoms with E-state index >= 15 is 0 Å². The van der Waals surface area contributed by atoms with Gasteiger partial charge in [-0.05, 0) is 24.6 Å². The van der Waals surface area contributed by atoms with Gasteiger partial charge in [-0.3, -0.25) is 14.4 Å². The van der Waals surface area contributed by atoms with E-state index in [1.54, 1.807) is 6.92 Å². The van der Waals surface area contributed by atoms with Crippen molar-refractivity contribution >= 4 is 23.3 Å². The first-order valence-electron chi connectivity index (χ1n) is 5.68. The van der Waals surface area contributed by atoms with Crippen LogP contribution in [0.25, 0.3) is 0 Å². The molecule has 5 nitrogen and oxygen atoms in total. The SMILES string of the molecule is COC(=O)CC(=O)c1cc(F)c2c(c1)C(C)C(=O)N2. The van der Waals surface area contributed by atoms with Gasteiger partial charge in [0.2, 0.25) is 5.91 Å². The zero-order valence-electron chi connectivity index (χ0n) is 10.5. The second-order valence-corrected chi connectivity index (χ2v) is 4.31. The van der Waals surface area contributed by atoms with Gasteiger partial charge < -0.3 is 10.1 Å². The standard InChI is InChI=1S/C13H12FNO4/c1-6-8-3-7(10(16)5-11(17)19-2)4-9(14)12(8)15-13(6)18/h3-4,6H,5H2,1-2H3,(H,15,18). The minimum absolute atomic E-state index is 0.0602. The molecule has 0 spiro atoms. The van der Waals surface area contributed by atoms with E-state index in [-0.39, 0.29) is 17.2 Å². The average Bonchev–Trinajstić information content (AvgIpc) is 2.66. The first kappa shape index (κ1) is 13.2. The summed E-state index contributed by atoms with van der Waals surface area (Å²) in [4.78, 5) is 34.3. The van der Waals surface area contributed by atoms with Crippen molar-refractivity contribution in [2.24, 2.45) is 0 Å². The van der Waals surface area contributed by atoms with Crippen LogP contribution in [0, 0.1) is 5.82 Å². The molecule has 100 valence electrons. The summed E-state index contributed by atoms with van der Waals surface area (Å²) in [5.74, 6) is -2.74.